The lowest BCUT2D eigenvalue weighted by atomic mass is 10.2. The normalized spacial score (nSPS) is 10.7. The van der Waals surface area contributed by atoms with E-state index >= 15 is 0 Å². The number of hydrogen-bond acceptors (Lipinski definition) is 8. The van der Waals surface area contributed by atoms with Crippen LogP contribution in [0.2, 0.25) is 5.02 Å². The van der Waals surface area contributed by atoms with Gasteiger partial charge in [-0.3, -0.25) is 0 Å². The Morgan fingerprint density at radius 2 is 1.74 bits per heavy atom. The fourth-order valence-electron chi connectivity index (χ4n) is 2.45. The number of para-hydroxylation sites is 1. The van der Waals surface area contributed by atoms with Crippen LogP contribution in [0.5, 0.6) is 0 Å². The highest BCUT2D eigenvalue weighted by molar-refractivity contribution is 6.30. The van der Waals surface area contributed by atoms with Crippen LogP contribution in [0.3, 0.4) is 0 Å². The SMILES string of the molecule is CN(c1ccccc1)c1nc(N)nc(-c2noc(-c3cccc(Cl)c3)n2)n1. The molecule has 0 fully saturated rings. The molecule has 0 saturated carbocycles. The lowest BCUT2D eigenvalue weighted by Crippen LogP contribution is -2.15. The van der Waals surface area contributed by atoms with E-state index in [-0.39, 0.29) is 17.6 Å². The van der Waals surface area contributed by atoms with Gasteiger partial charge in [-0.25, -0.2) is 0 Å². The first kappa shape index (κ1) is 16.9. The number of nitrogens with two attached hydrogens (primary N) is 1. The molecule has 0 saturated heterocycles. The molecule has 0 atom stereocenters. The van der Waals surface area contributed by atoms with Crippen molar-refractivity contribution in [2.45, 2.75) is 0 Å². The third kappa shape index (κ3) is 3.56. The van der Waals surface area contributed by atoms with Gasteiger partial charge in [-0.2, -0.15) is 19.9 Å². The largest absolute Gasteiger partial charge is 0.368 e. The number of halogens is 1. The zero-order chi connectivity index (χ0) is 18.8. The quantitative estimate of drug-likeness (QED) is 0.573. The summed E-state index contributed by atoms with van der Waals surface area (Å²) in [7, 11) is 1.83. The second-order valence-corrected chi connectivity index (χ2v) is 6.08. The summed E-state index contributed by atoms with van der Waals surface area (Å²) >= 11 is 6.01. The lowest BCUT2D eigenvalue weighted by molar-refractivity contribution is 0.432. The third-order valence-corrected chi connectivity index (χ3v) is 4.02. The molecule has 0 aliphatic rings. The minimum atomic E-state index is 0.0619. The van der Waals surface area contributed by atoms with Crippen LogP contribution in [0.1, 0.15) is 0 Å². The Morgan fingerprint density at radius 3 is 2.52 bits per heavy atom. The van der Waals surface area contributed by atoms with Crippen LogP contribution in [0.15, 0.2) is 59.1 Å². The molecule has 2 N–H and O–H groups in total. The molecule has 27 heavy (non-hydrogen) atoms. The van der Waals surface area contributed by atoms with E-state index in [1.54, 1.807) is 23.1 Å². The highest BCUT2D eigenvalue weighted by atomic mass is 35.5. The predicted molar refractivity (Wildman–Crippen MR) is 102 cm³/mol. The Morgan fingerprint density at radius 1 is 0.926 bits per heavy atom. The molecule has 0 radical (unpaired) electrons. The summed E-state index contributed by atoms with van der Waals surface area (Å²) < 4.78 is 5.31. The minimum absolute atomic E-state index is 0.0619. The van der Waals surface area contributed by atoms with Gasteiger partial charge in [-0.1, -0.05) is 41.0 Å². The first-order valence-corrected chi connectivity index (χ1v) is 8.38. The van der Waals surface area contributed by atoms with Crippen molar-refractivity contribution in [2.24, 2.45) is 0 Å². The predicted octanol–water partition coefficient (Wildman–Crippen LogP) is 3.59. The molecule has 0 spiro atoms. The van der Waals surface area contributed by atoms with Gasteiger partial charge in [0.25, 0.3) is 5.89 Å². The first-order chi connectivity index (χ1) is 13.1. The molecule has 2 aromatic heterocycles. The average molecular weight is 380 g/mol. The Balaban J connectivity index is 1.70. The van der Waals surface area contributed by atoms with Gasteiger partial charge in [-0.05, 0) is 30.3 Å². The molecule has 134 valence electrons. The van der Waals surface area contributed by atoms with Crippen molar-refractivity contribution >= 4 is 29.2 Å². The molecule has 0 aliphatic carbocycles. The van der Waals surface area contributed by atoms with Gasteiger partial charge >= 0.3 is 0 Å². The van der Waals surface area contributed by atoms with Gasteiger partial charge < -0.3 is 15.2 Å². The van der Waals surface area contributed by atoms with Gasteiger partial charge in [0, 0.05) is 23.3 Å². The van der Waals surface area contributed by atoms with Crippen LogP contribution in [-0.4, -0.2) is 32.1 Å². The van der Waals surface area contributed by atoms with E-state index in [1.165, 1.54) is 0 Å². The van der Waals surface area contributed by atoms with Crippen LogP contribution in [-0.2, 0) is 0 Å². The van der Waals surface area contributed by atoms with E-state index in [9.17, 15) is 0 Å². The van der Waals surface area contributed by atoms with Crippen molar-refractivity contribution in [3.8, 4) is 23.1 Å². The van der Waals surface area contributed by atoms with Gasteiger partial charge in [0.15, 0.2) is 0 Å². The Kier molecular flexibility index (Phi) is 4.39. The first-order valence-electron chi connectivity index (χ1n) is 8.00. The second kappa shape index (κ2) is 7.00. The Bertz CT molecular complexity index is 1080. The molecular weight excluding hydrogens is 366 g/mol. The fourth-order valence-corrected chi connectivity index (χ4v) is 2.64. The van der Waals surface area contributed by atoms with Gasteiger partial charge in [0.05, 0.1) is 0 Å². The molecule has 4 rings (SSSR count). The van der Waals surface area contributed by atoms with E-state index in [0.29, 0.717) is 22.4 Å². The Labute approximate surface area is 159 Å². The van der Waals surface area contributed by atoms with Crippen molar-refractivity contribution in [3.05, 3.63) is 59.6 Å². The van der Waals surface area contributed by atoms with Crippen LogP contribution >= 0.6 is 11.6 Å². The number of anilines is 3. The standard InChI is InChI=1S/C18H14ClN7O/c1-26(13-8-3-2-4-9-13)18-23-14(22-17(20)24-18)15-21-16(27-25-15)11-6-5-7-12(19)10-11/h2-10H,1H3,(H2,20,22,23,24). The molecule has 0 amide bonds. The number of nitrogen functional groups attached to an aromatic ring is 1. The van der Waals surface area contributed by atoms with E-state index in [0.717, 1.165) is 5.69 Å². The number of hydrogen-bond donors (Lipinski definition) is 1. The maximum absolute atomic E-state index is 6.01. The summed E-state index contributed by atoms with van der Waals surface area (Å²) in [5.74, 6) is 1.17. The molecule has 2 aromatic carbocycles. The number of nitrogens with zero attached hydrogens (tertiary/aromatic N) is 6. The van der Waals surface area contributed by atoms with Gasteiger partial charge in [0.2, 0.25) is 23.5 Å². The van der Waals surface area contributed by atoms with E-state index < -0.39 is 0 Å². The molecule has 9 heteroatoms. The fraction of sp³-hybridized carbons (Fsp3) is 0.0556. The molecule has 8 nitrogen and oxygen atoms in total. The molecule has 0 unspecified atom stereocenters. The molecule has 4 aromatic rings. The maximum Gasteiger partial charge on any atom is 0.258 e. The maximum atomic E-state index is 6.01. The summed E-state index contributed by atoms with van der Waals surface area (Å²) in [5, 5.41) is 4.52. The zero-order valence-electron chi connectivity index (χ0n) is 14.2. The highest BCUT2D eigenvalue weighted by Gasteiger charge is 2.17. The van der Waals surface area contributed by atoms with Crippen molar-refractivity contribution in [1.82, 2.24) is 25.1 Å². The van der Waals surface area contributed by atoms with E-state index in [1.807, 2.05) is 43.4 Å². The topological polar surface area (TPSA) is 107 Å². The molecule has 0 bridgehead atoms. The van der Waals surface area contributed by atoms with Gasteiger partial charge in [0.1, 0.15) is 0 Å². The second-order valence-electron chi connectivity index (χ2n) is 5.65. The number of benzene rings is 2. The zero-order valence-corrected chi connectivity index (χ0v) is 15.0. The summed E-state index contributed by atoms with van der Waals surface area (Å²) in [6, 6.07) is 16.8. The highest BCUT2D eigenvalue weighted by Crippen LogP contribution is 2.25. The number of rotatable bonds is 4. The molecule has 0 aliphatic heterocycles. The number of aromatic nitrogens is 5. The Hall–Kier alpha value is -3.52. The van der Waals surface area contributed by atoms with Crippen molar-refractivity contribution in [2.75, 3.05) is 17.7 Å². The third-order valence-electron chi connectivity index (χ3n) is 3.78. The van der Waals surface area contributed by atoms with Crippen LogP contribution in [0.25, 0.3) is 23.1 Å². The summed E-state index contributed by atoms with van der Waals surface area (Å²) in [6.07, 6.45) is 0. The van der Waals surface area contributed by atoms with Gasteiger partial charge in [-0.15, -0.1) is 0 Å². The summed E-state index contributed by atoms with van der Waals surface area (Å²) in [4.78, 5) is 18.9. The minimum Gasteiger partial charge on any atom is -0.368 e. The molecular formula is C18H14ClN7O. The van der Waals surface area contributed by atoms with Crippen molar-refractivity contribution < 1.29 is 4.52 Å². The lowest BCUT2D eigenvalue weighted by Gasteiger charge is -2.17. The average Bonchev–Trinajstić information content (AvgIpc) is 3.18. The monoisotopic (exact) mass is 379 g/mol. The van der Waals surface area contributed by atoms with E-state index in [4.69, 9.17) is 21.9 Å². The van der Waals surface area contributed by atoms with Crippen LogP contribution < -0.4 is 10.6 Å². The van der Waals surface area contributed by atoms with Crippen molar-refractivity contribution in [3.63, 3.8) is 0 Å². The van der Waals surface area contributed by atoms with Crippen LogP contribution in [0.4, 0.5) is 17.6 Å². The van der Waals surface area contributed by atoms with Crippen LogP contribution in [0, 0.1) is 0 Å². The smallest absolute Gasteiger partial charge is 0.258 e. The van der Waals surface area contributed by atoms with Crippen molar-refractivity contribution in [1.29, 1.82) is 0 Å². The molecule has 2 heterocycles. The summed E-state index contributed by atoms with van der Waals surface area (Å²) in [5.41, 5.74) is 7.46. The summed E-state index contributed by atoms with van der Waals surface area (Å²) in [6.45, 7) is 0. The van der Waals surface area contributed by atoms with E-state index in [2.05, 4.69) is 25.1 Å².